The second-order valence-corrected chi connectivity index (χ2v) is 12.7. The van der Waals surface area contributed by atoms with Crippen molar-refractivity contribution in [2.45, 2.75) is 37.8 Å². The van der Waals surface area contributed by atoms with Crippen LogP contribution in [-0.4, -0.2) is 50.9 Å². The van der Waals surface area contributed by atoms with Crippen LogP contribution in [0, 0.1) is 5.82 Å². The van der Waals surface area contributed by atoms with Crippen molar-refractivity contribution in [2.75, 3.05) is 31.1 Å². The molecule has 10 heteroatoms. The molecule has 1 fully saturated rings. The van der Waals surface area contributed by atoms with E-state index in [0.29, 0.717) is 48.6 Å². The summed E-state index contributed by atoms with van der Waals surface area (Å²) in [5.41, 5.74) is 1.53. The number of rotatable bonds is 7. The fourth-order valence-electron chi connectivity index (χ4n) is 4.15. The maximum atomic E-state index is 13.3. The third-order valence-electron chi connectivity index (χ3n) is 5.99. The van der Waals surface area contributed by atoms with Gasteiger partial charge in [-0.3, -0.25) is 4.79 Å². The number of nitrogens with one attached hydrogen (secondary N) is 1. The number of carbonyl (C=O) groups excluding carboxylic acids is 1. The van der Waals surface area contributed by atoms with Crippen molar-refractivity contribution in [2.24, 2.45) is 0 Å². The fraction of sp³-hybridized carbons (Fsp3) is 0.321. The van der Waals surface area contributed by atoms with Crippen LogP contribution >= 0.6 is 15.9 Å². The molecule has 1 aliphatic heterocycles. The summed E-state index contributed by atoms with van der Waals surface area (Å²) in [6.07, 6.45) is 0. The van der Waals surface area contributed by atoms with Gasteiger partial charge < -0.3 is 14.5 Å². The van der Waals surface area contributed by atoms with E-state index in [2.05, 4.69) is 25.6 Å². The SMILES string of the molecule is CC(C)(C)NS(=O)(=O)c1ccc(Br)c(C(=O)N2CCN(c3cccc(OCc4ccc(F)cc4)c3)CC2)c1. The van der Waals surface area contributed by atoms with Crippen LogP contribution in [0.15, 0.2) is 76.1 Å². The number of benzene rings is 3. The van der Waals surface area contributed by atoms with Crippen molar-refractivity contribution < 1.29 is 22.3 Å². The Morgan fingerprint density at radius 3 is 2.34 bits per heavy atom. The van der Waals surface area contributed by atoms with Gasteiger partial charge in [0.1, 0.15) is 18.2 Å². The molecule has 0 radical (unpaired) electrons. The Balaban J connectivity index is 1.40. The number of anilines is 1. The van der Waals surface area contributed by atoms with Crippen molar-refractivity contribution in [3.8, 4) is 5.75 Å². The quantitative estimate of drug-likeness (QED) is 0.401. The molecule has 0 saturated carbocycles. The molecule has 7 nitrogen and oxygen atoms in total. The first-order valence-electron chi connectivity index (χ1n) is 12.3. The van der Waals surface area contributed by atoms with Crippen LogP contribution in [0.3, 0.4) is 0 Å². The Hall–Kier alpha value is -2.95. The Kier molecular flexibility index (Phi) is 8.44. The summed E-state index contributed by atoms with van der Waals surface area (Å²) in [7, 11) is -3.77. The molecule has 38 heavy (non-hydrogen) atoms. The molecule has 0 unspecified atom stereocenters. The van der Waals surface area contributed by atoms with Gasteiger partial charge in [0.25, 0.3) is 5.91 Å². The summed E-state index contributed by atoms with van der Waals surface area (Å²) in [5.74, 6) is 0.202. The first-order chi connectivity index (χ1) is 17.9. The van der Waals surface area contributed by atoms with Gasteiger partial charge in [-0.1, -0.05) is 18.2 Å². The topological polar surface area (TPSA) is 79.0 Å². The second kappa shape index (κ2) is 11.4. The lowest BCUT2D eigenvalue weighted by Crippen LogP contribution is -2.49. The summed E-state index contributed by atoms with van der Waals surface area (Å²) in [5, 5.41) is 0. The third-order valence-corrected chi connectivity index (χ3v) is 8.43. The Bertz CT molecular complexity index is 1400. The lowest BCUT2D eigenvalue weighted by molar-refractivity contribution is 0.0745. The van der Waals surface area contributed by atoms with Gasteiger partial charge in [-0.15, -0.1) is 0 Å². The van der Waals surface area contributed by atoms with Gasteiger partial charge in [0.15, 0.2) is 0 Å². The van der Waals surface area contributed by atoms with Crippen LogP contribution in [0.4, 0.5) is 10.1 Å². The van der Waals surface area contributed by atoms with Crippen molar-refractivity contribution in [3.63, 3.8) is 0 Å². The zero-order valence-electron chi connectivity index (χ0n) is 21.6. The number of ether oxygens (including phenoxy) is 1. The fourth-order valence-corrected chi connectivity index (χ4v) is 6.01. The van der Waals surface area contributed by atoms with Crippen LogP contribution in [0.25, 0.3) is 0 Å². The highest BCUT2D eigenvalue weighted by Crippen LogP contribution is 2.26. The van der Waals surface area contributed by atoms with Crippen LogP contribution < -0.4 is 14.4 Å². The zero-order chi connectivity index (χ0) is 27.5. The Labute approximate surface area is 231 Å². The predicted octanol–water partition coefficient (Wildman–Crippen LogP) is 5.21. The number of carbonyl (C=O) groups is 1. The lowest BCUT2D eigenvalue weighted by Gasteiger charge is -2.36. The van der Waals surface area contributed by atoms with E-state index >= 15 is 0 Å². The van der Waals surface area contributed by atoms with E-state index in [-0.39, 0.29) is 16.6 Å². The van der Waals surface area contributed by atoms with Gasteiger partial charge in [-0.2, -0.15) is 0 Å². The van der Waals surface area contributed by atoms with Gasteiger partial charge in [-0.25, -0.2) is 17.5 Å². The molecule has 1 amide bonds. The first kappa shape index (κ1) is 28.1. The molecule has 3 aromatic carbocycles. The minimum atomic E-state index is -3.77. The smallest absolute Gasteiger partial charge is 0.255 e. The van der Waals surface area contributed by atoms with E-state index in [9.17, 15) is 17.6 Å². The van der Waals surface area contributed by atoms with Crippen molar-refractivity contribution >= 4 is 37.5 Å². The van der Waals surface area contributed by atoms with E-state index in [4.69, 9.17) is 4.74 Å². The van der Waals surface area contributed by atoms with Crippen molar-refractivity contribution in [1.82, 2.24) is 9.62 Å². The van der Waals surface area contributed by atoms with Gasteiger partial charge in [0.2, 0.25) is 10.0 Å². The highest BCUT2D eigenvalue weighted by atomic mass is 79.9. The molecule has 1 heterocycles. The number of amides is 1. The number of halogens is 2. The van der Waals surface area contributed by atoms with Crippen LogP contribution in [0.1, 0.15) is 36.7 Å². The van der Waals surface area contributed by atoms with Gasteiger partial charge in [-0.05, 0) is 84.7 Å². The molecule has 3 aromatic rings. The predicted molar refractivity (Wildman–Crippen MR) is 150 cm³/mol. The number of sulfonamides is 1. The van der Waals surface area contributed by atoms with E-state index in [1.165, 1.54) is 24.3 Å². The minimum Gasteiger partial charge on any atom is -0.489 e. The molecule has 4 rings (SSSR count). The highest BCUT2D eigenvalue weighted by molar-refractivity contribution is 9.10. The molecular weight excluding hydrogens is 573 g/mol. The average molecular weight is 605 g/mol. The number of nitrogens with zero attached hydrogens (tertiary/aromatic N) is 2. The molecule has 0 bridgehead atoms. The molecule has 1 N–H and O–H groups in total. The second-order valence-electron chi connectivity index (χ2n) is 10.2. The van der Waals surface area contributed by atoms with Gasteiger partial charge in [0.05, 0.1) is 10.5 Å². The maximum Gasteiger partial charge on any atom is 0.255 e. The van der Waals surface area contributed by atoms with Crippen LogP contribution in [0.2, 0.25) is 0 Å². The van der Waals surface area contributed by atoms with Crippen molar-refractivity contribution in [3.05, 3.63) is 88.1 Å². The molecular formula is C28H31BrFN3O4S. The number of hydrogen-bond donors (Lipinski definition) is 1. The minimum absolute atomic E-state index is 0.0510. The molecule has 0 spiro atoms. The maximum absolute atomic E-state index is 13.3. The van der Waals surface area contributed by atoms with E-state index in [1.54, 1.807) is 43.9 Å². The normalized spacial score (nSPS) is 14.4. The lowest BCUT2D eigenvalue weighted by atomic mass is 10.1. The summed E-state index contributed by atoms with van der Waals surface area (Å²) < 4.78 is 47.8. The molecule has 0 aromatic heterocycles. The first-order valence-corrected chi connectivity index (χ1v) is 14.5. The van der Waals surface area contributed by atoms with Crippen LogP contribution in [0.5, 0.6) is 5.75 Å². The van der Waals surface area contributed by atoms with E-state index in [0.717, 1.165) is 11.3 Å². The molecule has 1 saturated heterocycles. The molecule has 202 valence electrons. The average Bonchev–Trinajstić information content (AvgIpc) is 2.87. The molecule has 1 aliphatic rings. The van der Waals surface area contributed by atoms with E-state index < -0.39 is 15.6 Å². The summed E-state index contributed by atoms with van der Waals surface area (Å²) in [6.45, 7) is 7.85. The largest absolute Gasteiger partial charge is 0.489 e. The summed E-state index contributed by atoms with van der Waals surface area (Å²) in [6, 6.07) is 18.5. The number of hydrogen-bond acceptors (Lipinski definition) is 5. The van der Waals surface area contributed by atoms with E-state index in [1.807, 2.05) is 24.3 Å². The summed E-state index contributed by atoms with van der Waals surface area (Å²) >= 11 is 3.41. The third kappa shape index (κ3) is 7.12. The van der Waals surface area contributed by atoms with Gasteiger partial charge >= 0.3 is 0 Å². The number of piperazine rings is 1. The van der Waals surface area contributed by atoms with Crippen LogP contribution in [-0.2, 0) is 16.6 Å². The standard InChI is InChI=1S/C28H31BrFN3O4S/c1-28(2,3)31-38(35,36)24-11-12-26(29)25(18-24)27(34)33-15-13-32(14-16-33)22-5-4-6-23(17-22)37-19-20-7-9-21(30)10-8-20/h4-12,17-18,31H,13-16,19H2,1-3H3. The Morgan fingerprint density at radius 1 is 1.00 bits per heavy atom. The highest BCUT2D eigenvalue weighted by Gasteiger charge is 2.27. The monoisotopic (exact) mass is 603 g/mol. The summed E-state index contributed by atoms with van der Waals surface area (Å²) in [4.78, 5) is 17.3. The van der Waals surface area contributed by atoms with Gasteiger partial charge in [0, 0.05) is 47.9 Å². The van der Waals surface area contributed by atoms with Crippen molar-refractivity contribution in [1.29, 1.82) is 0 Å². The molecule has 0 atom stereocenters. The molecule has 0 aliphatic carbocycles. The zero-order valence-corrected chi connectivity index (χ0v) is 24.0. The Morgan fingerprint density at radius 2 is 1.68 bits per heavy atom.